The average molecular weight is 124 g/mol. The van der Waals surface area contributed by atoms with E-state index in [0.717, 1.165) is 0 Å². The van der Waals surface area contributed by atoms with Gasteiger partial charge >= 0.3 is 0 Å². The lowest BCUT2D eigenvalue weighted by Gasteiger charge is -2.18. The summed E-state index contributed by atoms with van der Waals surface area (Å²) in [5.41, 5.74) is -0.422. The van der Waals surface area contributed by atoms with E-state index in [1.54, 1.807) is 0 Å². The number of nitriles is 1. The van der Waals surface area contributed by atoms with Gasteiger partial charge in [-0.2, -0.15) is 5.26 Å². The topological polar surface area (TPSA) is 45.4 Å². The molecule has 48 valence electrons. The van der Waals surface area contributed by atoms with Crippen LogP contribution in [0.5, 0.6) is 0 Å². The lowest BCUT2D eigenvalue weighted by atomic mass is 10.0. The van der Waals surface area contributed by atoms with E-state index in [9.17, 15) is 0 Å². The van der Waals surface area contributed by atoms with Crippen LogP contribution in [0.3, 0.4) is 0 Å². The first-order valence-corrected chi connectivity index (χ1v) is 2.76. The maximum absolute atomic E-state index is 8.46. The van der Waals surface area contributed by atoms with E-state index < -0.39 is 5.60 Å². The zero-order chi connectivity index (χ0) is 6.91. The van der Waals surface area contributed by atoms with Crippen molar-refractivity contribution in [3.05, 3.63) is 0 Å². The molecule has 0 saturated carbocycles. The van der Waals surface area contributed by atoms with Gasteiger partial charge in [0.25, 0.3) is 0 Å². The number of nitrogens with zero attached hydrogens (tertiary/aromatic N) is 2. The van der Waals surface area contributed by atoms with Crippen molar-refractivity contribution in [3.8, 4) is 6.07 Å². The molecule has 3 heteroatoms. The predicted molar refractivity (Wildman–Crippen MR) is 33.1 cm³/mol. The molecule has 0 saturated heterocycles. The normalized spacial score (nSPS) is 29.2. The van der Waals surface area contributed by atoms with Crippen molar-refractivity contribution in [1.29, 1.82) is 5.26 Å². The SMILES string of the molecule is CC1(C)OC=NC1C#N. The molecule has 0 radical (unpaired) electrons. The standard InChI is InChI=1S/C6H8N2O/c1-6(2)5(3-7)8-4-9-6/h4-5H,1-2H3. The van der Waals surface area contributed by atoms with Gasteiger partial charge in [0.05, 0.1) is 6.07 Å². The Bertz CT molecular complexity index is 178. The molecule has 1 unspecified atom stereocenters. The highest BCUT2D eigenvalue weighted by atomic mass is 16.5. The van der Waals surface area contributed by atoms with Gasteiger partial charge in [-0.1, -0.05) is 0 Å². The second kappa shape index (κ2) is 1.73. The Labute approximate surface area is 54.0 Å². The third kappa shape index (κ3) is 0.879. The molecule has 1 rings (SSSR count). The van der Waals surface area contributed by atoms with Crippen LogP contribution in [0.4, 0.5) is 0 Å². The van der Waals surface area contributed by atoms with Crippen molar-refractivity contribution in [2.45, 2.75) is 25.5 Å². The van der Waals surface area contributed by atoms with Crippen LogP contribution in [-0.4, -0.2) is 18.0 Å². The molecule has 0 amide bonds. The molecule has 0 N–H and O–H groups in total. The highest BCUT2D eigenvalue weighted by Crippen LogP contribution is 2.20. The lowest BCUT2D eigenvalue weighted by Crippen LogP contribution is -2.31. The van der Waals surface area contributed by atoms with Gasteiger partial charge in [-0.3, -0.25) is 0 Å². The molecule has 1 atom stereocenters. The Balaban J connectivity index is 2.74. The molecule has 0 aromatic rings. The van der Waals surface area contributed by atoms with E-state index in [2.05, 4.69) is 4.99 Å². The van der Waals surface area contributed by atoms with Crippen LogP contribution in [0.25, 0.3) is 0 Å². The monoisotopic (exact) mass is 124 g/mol. The van der Waals surface area contributed by atoms with Crippen molar-refractivity contribution < 1.29 is 4.74 Å². The summed E-state index contributed by atoms with van der Waals surface area (Å²) in [6.45, 7) is 3.68. The van der Waals surface area contributed by atoms with Gasteiger partial charge in [-0.25, -0.2) is 4.99 Å². The minimum atomic E-state index is -0.422. The second-order valence-corrected chi connectivity index (χ2v) is 2.51. The fourth-order valence-corrected chi connectivity index (χ4v) is 0.660. The van der Waals surface area contributed by atoms with E-state index in [1.807, 2.05) is 19.9 Å². The summed E-state index contributed by atoms with van der Waals surface area (Å²) in [6.07, 6.45) is 1.34. The zero-order valence-electron chi connectivity index (χ0n) is 5.46. The quantitative estimate of drug-likeness (QED) is 0.477. The molecule has 0 spiro atoms. The van der Waals surface area contributed by atoms with Gasteiger partial charge in [-0.05, 0) is 13.8 Å². The maximum Gasteiger partial charge on any atom is 0.178 e. The molecule has 0 aromatic carbocycles. The molecule has 0 fully saturated rings. The molecule has 1 heterocycles. The van der Waals surface area contributed by atoms with E-state index in [-0.39, 0.29) is 6.04 Å². The Hall–Kier alpha value is -1.04. The molecule has 1 aliphatic heterocycles. The smallest absolute Gasteiger partial charge is 0.178 e. The van der Waals surface area contributed by atoms with E-state index in [1.165, 1.54) is 6.40 Å². The molecular formula is C6H8N2O. The molecule has 3 nitrogen and oxygen atoms in total. The molecule has 0 aliphatic carbocycles. The second-order valence-electron chi connectivity index (χ2n) is 2.51. The van der Waals surface area contributed by atoms with Crippen LogP contribution in [0.1, 0.15) is 13.8 Å². The van der Waals surface area contributed by atoms with Crippen molar-refractivity contribution in [2.75, 3.05) is 0 Å². The molecular weight excluding hydrogens is 116 g/mol. The average Bonchev–Trinajstić information content (AvgIpc) is 2.08. The van der Waals surface area contributed by atoms with Gasteiger partial charge in [-0.15, -0.1) is 0 Å². The van der Waals surface area contributed by atoms with Gasteiger partial charge in [0, 0.05) is 0 Å². The number of ether oxygens (including phenoxy) is 1. The van der Waals surface area contributed by atoms with Crippen molar-refractivity contribution in [1.82, 2.24) is 0 Å². The van der Waals surface area contributed by atoms with Crippen LogP contribution < -0.4 is 0 Å². The van der Waals surface area contributed by atoms with Gasteiger partial charge in [0.1, 0.15) is 5.60 Å². The molecule has 1 aliphatic rings. The summed E-state index contributed by atoms with van der Waals surface area (Å²) < 4.78 is 5.03. The minimum Gasteiger partial charge on any atom is -0.474 e. The fraction of sp³-hybridized carbons (Fsp3) is 0.667. The van der Waals surface area contributed by atoms with Crippen LogP contribution in [0.15, 0.2) is 4.99 Å². The summed E-state index contributed by atoms with van der Waals surface area (Å²) in [4.78, 5) is 3.80. The zero-order valence-corrected chi connectivity index (χ0v) is 5.46. The summed E-state index contributed by atoms with van der Waals surface area (Å²) >= 11 is 0. The third-order valence-corrected chi connectivity index (χ3v) is 1.35. The van der Waals surface area contributed by atoms with Crippen LogP contribution in [-0.2, 0) is 4.74 Å². The first-order valence-electron chi connectivity index (χ1n) is 2.76. The molecule has 9 heavy (non-hydrogen) atoms. The number of aliphatic imine (C=N–C) groups is 1. The first-order chi connectivity index (χ1) is 4.17. The Morgan fingerprint density at radius 2 is 2.44 bits per heavy atom. The Kier molecular flexibility index (Phi) is 1.17. The largest absolute Gasteiger partial charge is 0.474 e. The van der Waals surface area contributed by atoms with Crippen LogP contribution in [0.2, 0.25) is 0 Å². The Morgan fingerprint density at radius 1 is 1.78 bits per heavy atom. The van der Waals surface area contributed by atoms with Gasteiger partial charge in [0.15, 0.2) is 12.4 Å². The summed E-state index contributed by atoms with van der Waals surface area (Å²) in [5, 5.41) is 8.46. The molecule has 0 aromatic heterocycles. The van der Waals surface area contributed by atoms with Crippen LogP contribution in [0, 0.1) is 11.3 Å². The van der Waals surface area contributed by atoms with Crippen molar-refractivity contribution in [2.24, 2.45) is 4.99 Å². The number of rotatable bonds is 0. The van der Waals surface area contributed by atoms with E-state index in [0.29, 0.717) is 0 Å². The highest BCUT2D eigenvalue weighted by molar-refractivity contribution is 5.52. The van der Waals surface area contributed by atoms with Crippen LogP contribution >= 0.6 is 0 Å². The lowest BCUT2D eigenvalue weighted by molar-refractivity contribution is 0.120. The van der Waals surface area contributed by atoms with Crippen molar-refractivity contribution >= 4 is 6.40 Å². The number of hydrogen-bond acceptors (Lipinski definition) is 3. The Morgan fingerprint density at radius 3 is 2.67 bits per heavy atom. The highest BCUT2D eigenvalue weighted by Gasteiger charge is 2.34. The molecule has 0 bridgehead atoms. The fourth-order valence-electron chi connectivity index (χ4n) is 0.660. The first kappa shape index (κ1) is 6.09. The summed E-state index contributed by atoms with van der Waals surface area (Å²) in [7, 11) is 0. The minimum absolute atomic E-state index is 0.336. The van der Waals surface area contributed by atoms with E-state index in [4.69, 9.17) is 10.00 Å². The van der Waals surface area contributed by atoms with Gasteiger partial charge in [0.2, 0.25) is 0 Å². The van der Waals surface area contributed by atoms with E-state index >= 15 is 0 Å². The van der Waals surface area contributed by atoms with Crippen molar-refractivity contribution in [3.63, 3.8) is 0 Å². The third-order valence-electron chi connectivity index (χ3n) is 1.35. The van der Waals surface area contributed by atoms with Gasteiger partial charge < -0.3 is 4.74 Å². The predicted octanol–water partition coefficient (Wildman–Crippen LogP) is 0.716. The maximum atomic E-state index is 8.46. The summed E-state index contributed by atoms with van der Waals surface area (Å²) in [6, 6.07) is 1.70. The summed E-state index contributed by atoms with van der Waals surface area (Å²) in [5.74, 6) is 0. The number of hydrogen-bond donors (Lipinski definition) is 0.